The molecule has 2 aliphatic rings. The third-order valence-corrected chi connectivity index (χ3v) is 5.71. The number of nitrogens with two attached hydrogens (primary N) is 1. The van der Waals surface area contributed by atoms with Crippen molar-refractivity contribution in [3.05, 3.63) is 35.4 Å². The van der Waals surface area contributed by atoms with Crippen LogP contribution in [0.5, 0.6) is 0 Å². The Bertz CT molecular complexity index is 580. The number of carbonyl (C=O) groups excluding carboxylic acids is 1. The fraction of sp³-hybridized carbons (Fsp3) is 0.667. The largest absolute Gasteiger partial charge is 0.381 e. The van der Waals surface area contributed by atoms with Gasteiger partial charge in [-0.15, -0.1) is 24.8 Å². The number of likely N-dealkylation sites (tertiary alicyclic amines) is 1. The van der Waals surface area contributed by atoms with Crippen LogP contribution < -0.4 is 11.1 Å². The highest BCUT2D eigenvalue weighted by atomic mass is 35.5. The first kappa shape index (κ1) is 25.2. The Morgan fingerprint density at radius 3 is 2.46 bits per heavy atom. The van der Waals surface area contributed by atoms with Crippen molar-refractivity contribution in [2.24, 2.45) is 17.6 Å². The molecule has 0 spiro atoms. The molecule has 3 N–H and O–H groups in total. The van der Waals surface area contributed by atoms with E-state index in [2.05, 4.69) is 41.4 Å². The van der Waals surface area contributed by atoms with Gasteiger partial charge in [-0.1, -0.05) is 31.2 Å². The molecule has 0 aliphatic carbocycles. The Balaban J connectivity index is 0.00000196. The lowest BCUT2D eigenvalue weighted by molar-refractivity contribution is -0.124. The molecule has 3 rings (SSSR count). The number of nitrogens with one attached hydrogen (secondary N) is 1. The van der Waals surface area contributed by atoms with Gasteiger partial charge in [0.2, 0.25) is 5.91 Å². The number of nitrogens with zero attached hydrogens (tertiary/aromatic N) is 1. The first-order chi connectivity index (χ1) is 12.6. The van der Waals surface area contributed by atoms with Gasteiger partial charge in [-0.25, -0.2) is 0 Å². The third kappa shape index (κ3) is 7.53. The van der Waals surface area contributed by atoms with Crippen LogP contribution in [0.2, 0.25) is 0 Å². The molecule has 0 radical (unpaired) electrons. The van der Waals surface area contributed by atoms with Crippen molar-refractivity contribution in [3.8, 4) is 0 Å². The highest BCUT2D eigenvalue weighted by molar-refractivity contribution is 5.85. The Morgan fingerprint density at radius 2 is 1.82 bits per heavy atom. The lowest BCUT2D eigenvalue weighted by Gasteiger charge is -2.30. The maximum Gasteiger partial charge on any atom is 0.237 e. The average molecular weight is 432 g/mol. The second kappa shape index (κ2) is 12.7. The molecular weight excluding hydrogens is 397 g/mol. The molecule has 1 amide bonds. The van der Waals surface area contributed by atoms with Crippen molar-refractivity contribution in [3.63, 3.8) is 0 Å². The summed E-state index contributed by atoms with van der Waals surface area (Å²) >= 11 is 0. The van der Waals surface area contributed by atoms with Gasteiger partial charge in [0.05, 0.1) is 6.04 Å². The van der Waals surface area contributed by atoms with Gasteiger partial charge in [0, 0.05) is 32.8 Å². The van der Waals surface area contributed by atoms with Crippen molar-refractivity contribution in [2.75, 3.05) is 26.3 Å². The number of amides is 1. The second-order valence-corrected chi connectivity index (χ2v) is 7.99. The molecule has 2 heterocycles. The van der Waals surface area contributed by atoms with Gasteiger partial charge in [0.15, 0.2) is 0 Å². The summed E-state index contributed by atoms with van der Waals surface area (Å²) in [6.07, 6.45) is 4.40. The summed E-state index contributed by atoms with van der Waals surface area (Å²) < 4.78 is 5.34. The first-order valence-electron chi connectivity index (χ1n) is 10.0. The summed E-state index contributed by atoms with van der Waals surface area (Å²) in [4.78, 5) is 14.8. The van der Waals surface area contributed by atoms with E-state index in [-0.39, 0.29) is 36.6 Å². The quantitative estimate of drug-likeness (QED) is 0.725. The number of carbonyl (C=O) groups is 1. The number of piperidine rings is 1. The lowest BCUT2D eigenvalue weighted by Crippen LogP contribution is -2.46. The van der Waals surface area contributed by atoms with Gasteiger partial charge < -0.3 is 15.8 Å². The zero-order valence-corrected chi connectivity index (χ0v) is 18.4. The SMILES string of the molecule is CC1CCCN(Cc2ccc(CNC(=O)C(N)C3CCOCC3)cc2)C1.Cl.Cl. The number of halogens is 2. The predicted octanol–water partition coefficient (Wildman–Crippen LogP) is 3.13. The highest BCUT2D eigenvalue weighted by Crippen LogP contribution is 2.19. The van der Waals surface area contributed by atoms with Crippen LogP contribution in [-0.2, 0) is 22.6 Å². The van der Waals surface area contributed by atoms with Gasteiger partial charge in [0.1, 0.15) is 0 Å². The monoisotopic (exact) mass is 431 g/mol. The summed E-state index contributed by atoms with van der Waals surface area (Å²) in [6, 6.07) is 8.16. The molecule has 0 saturated carbocycles. The number of benzene rings is 1. The van der Waals surface area contributed by atoms with Crippen LogP contribution in [-0.4, -0.2) is 43.2 Å². The molecule has 2 atom stereocenters. The number of hydrogen-bond donors (Lipinski definition) is 2. The van der Waals surface area contributed by atoms with Crippen LogP contribution in [0.3, 0.4) is 0 Å². The van der Waals surface area contributed by atoms with Crippen molar-refractivity contribution in [1.29, 1.82) is 0 Å². The fourth-order valence-electron chi connectivity index (χ4n) is 4.05. The molecular formula is C21H35Cl2N3O2. The minimum atomic E-state index is -0.431. The van der Waals surface area contributed by atoms with E-state index in [9.17, 15) is 4.79 Å². The van der Waals surface area contributed by atoms with E-state index >= 15 is 0 Å². The molecule has 2 saturated heterocycles. The van der Waals surface area contributed by atoms with Crippen molar-refractivity contribution < 1.29 is 9.53 Å². The van der Waals surface area contributed by atoms with Gasteiger partial charge in [-0.3, -0.25) is 9.69 Å². The summed E-state index contributed by atoms with van der Waals surface area (Å²) in [5.41, 5.74) is 8.58. The van der Waals surface area contributed by atoms with E-state index in [1.54, 1.807) is 0 Å². The molecule has 28 heavy (non-hydrogen) atoms. The zero-order valence-electron chi connectivity index (χ0n) is 16.8. The summed E-state index contributed by atoms with van der Waals surface area (Å²) in [5, 5.41) is 2.99. The standard InChI is InChI=1S/C21H33N3O2.2ClH/c1-16-3-2-10-24(14-16)15-18-6-4-17(5-7-18)13-23-21(25)20(22)19-8-11-26-12-9-19;;/h4-7,16,19-20H,2-3,8-15,22H2,1H3,(H,23,25);2*1H. The number of rotatable bonds is 6. The Kier molecular flexibility index (Phi) is 11.4. The highest BCUT2D eigenvalue weighted by Gasteiger charge is 2.26. The maximum atomic E-state index is 12.3. The van der Waals surface area contributed by atoms with Crippen molar-refractivity contribution >= 4 is 30.7 Å². The van der Waals surface area contributed by atoms with E-state index in [0.29, 0.717) is 19.8 Å². The number of hydrogen-bond acceptors (Lipinski definition) is 4. The topological polar surface area (TPSA) is 67.6 Å². The predicted molar refractivity (Wildman–Crippen MR) is 118 cm³/mol. The first-order valence-corrected chi connectivity index (χ1v) is 10.0. The van der Waals surface area contributed by atoms with Gasteiger partial charge >= 0.3 is 0 Å². The molecule has 2 aliphatic heterocycles. The average Bonchev–Trinajstić information content (AvgIpc) is 2.67. The molecule has 5 nitrogen and oxygen atoms in total. The number of ether oxygens (including phenoxy) is 1. The van der Waals surface area contributed by atoms with Crippen LogP contribution in [0.1, 0.15) is 43.7 Å². The fourth-order valence-corrected chi connectivity index (χ4v) is 4.05. The molecule has 1 aromatic rings. The summed E-state index contributed by atoms with van der Waals surface area (Å²) in [5.74, 6) is 0.986. The van der Waals surface area contributed by atoms with Crippen LogP contribution in [0.4, 0.5) is 0 Å². The van der Waals surface area contributed by atoms with Crippen LogP contribution in [0, 0.1) is 11.8 Å². The molecule has 2 unspecified atom stereocenters. The van der Waals surface area contributed by atoms with Gasteiger partial charge in [-0.2, -0.15) is 0 Å². The third-order valence-electron chi connectivity index (χ3n) is 5.71. The van der Waals surface area contributed by atoms with E-state index < -0.39 is 6.04 Å². The van der Waals surface area contributed by atoms with Gasteiger partial charge in [0.25, 0.3) is 0 Å². The van der Waals surface area contributed by atoms with E-state index in [0.717, 1.165) is 30.9 Å². The molecule has 0 bridgehead atoms. The van der Waals surface area contributed by atoms with E-state index in [1.165, 1.54) is 31.5 Å². The Hall–Kier alpha value is -0.850. The minimum Gasteiger partial charge on any atom is -0.381 e. The van der Waals surface area contributed by atoms with Crippen molar-refractivity contribution in [1.82, 2.24) is 10.2 Å². The second-order valence-electron chi connectivity index (χ2n) is 7.99. The van der Waals surface area contributed by atoms with Crippen LogP contribution >= 0.6 is 24.8 Å². The zero-order chi connectivity index (χ0) is 18.4. The van der Waals surface area contributed by atoms with E-state index in [4.69, 9.17) is 10.5 Å². The van der Waals surface area contributed by atoms with Crippen LogP contribution in [0.15, 0.2) is 24.3 Å². The summed E-state index contributed by atoms with van der Waals surface area (Å²) in [6.45, 7) is 7.71. The van der Waals surface area contributed by atoms with Gasteiger partial charge in [-0.05, 0) is 55.2 Å². The normalized spacial score (nSPS) is 21.9. The maximum absolute atomic E-state index is 12.3. The Labute approximate surface area is 181 Å². The molecule has 2 fully saturated rings. The molecule has 7 heteroatoms. The smallest absolute Gasteiger partial charge is 0.237 e. The summed E-state index contributed by atoms with van der Waals surface area (Å²) in [7, 11) is 0. The molecule has 1 aromatic carbocycles. The van der Waals surface area contributed by atoms with Crippen LogP contribution in [0.25, 0.3) is 0 Å². The van der Waals surface area contributed by atoms with Crippen molar-refractivity contribution in [2.45, 2.75) is 51.7 Å². The Morgan fingerprint density at radius 1 is 1.18 bits per heavy atom. The minimum absolute atomic E-state index is 0. The molecule has 160 valence electrons. The van der Waals surface area contributed by atoms with E-state index in [1.807, 2.05) is 0 Å². The lowest BCUT2D eigenvalue weighted by atomic mass is 9.92. The molecule has 0 aromatic heterocycles.